The van der Waals surface area contributed by atoms with Crippen LogP contribution in [-0.4, -0.2) is 34.6 Å². The van der Waals surface area contributed by atoms with Crippen molar-refractivity contribution >= 4 is 16.8 Å². The minimum atomic E-state index is -1.15. The first-order valence-corrected chi connectivity index (χ1v) is 7.57. The largest absolute Gasteiger partial charge is 0.478 e. The second-order valence-electron chi connectivity index (χ2n) is 4.54. The quantitative estimate of drug-likeness (QED) is 0.873. The molecule has 0 bridgehead atoms. The van der Waals surface area contributed by atoms with Crippen molar-refractivity contribution in [3.05, 3.63) is 29.3 Å². The van der Waals surface area contributed by atoms with E-state index in [1.165, 1.54) is 0 Å². The topological polar surface area (TPSA) is 66.4 Å². The van der Waals surface area contributed by atoms with Crippen LogP contribution in [-0.2, 0) is 10.8 Å². The maximum atomic E-state index is 11.8. The summed E-state index contributed by atoms with van der Waals surface area (Å²) in [5, 5.41) is 12.3. The van der Waals surface area contributed by atoms with Gasteiger partial charge in [0.2, 0.25) is 0 Å². The van der Waals surface area contributed by atoms with Gasteiger partial charge >= 0.3 is 5.97 Å². The highest BCUT2D eigenvalue weighted by atomic mass is 32.2. The third kappa shape index (κ3) is 2.79. The summed E-state index contributed by atoms with van der Waals surface area (Å²) in [6.45, 7) is 1.92. The summed E-state index contributed by atoms with van der Waals surface area (Å²) in [4.78, 5) is 11.6. The lowest BCUT2D eigenvalue weighted by Gasteiger charge is -2.24. The maximum absolute atomic E-state index is 11.8. The fourth-order valence-electron chi connectivity index (χ4n) is 2.39. The van der Waals surface area contributed by atoms with Crippen molar-refractivity contribution in [3.63, 3.8) is 0 Å². The Morgan fingerprint density at radius 3 is 2.61 bits per heavy atom. The molecule has 2 rings (SSSR count). The van der Waals surface area contributed by atoms with Crippen LogP contribution < -0.4 is 5.32 Å². The molecule has 0 spiro atoms. The highest BCUT2D eigenvalue weighted by molar-refractivity contribution is 7.84. The Morgan fingerprint density at radius 1 is 1.39 bits per heavy atom. The van der Waals surface area contributed by atoms with Crippen LogP contribution in [0.1, 0.15) is 34.7 Å². The molecule has 98 valence electrons. The van der Waals surface area contributed by atoms with E-state index in [2.05, 4.69) is 5.32 Å². The lowest BCUT2D eigenvalue weighted by atomic mass is 9.89. The molecular weight excluding hydrogens is 250 g/mol. The van der Waals surface area contributed by atoms with Gasteiger partial charge in [0.15, 0.2) is 0 Å². The third-order valence-electron chi connectivity index (χ3n) is 3.35. The summed E-state index contributed by atoms with van der Waals surface area (Å²) in [6.07, 6.45) is 3.62. The van der Waals surface area contributed by atoms with Gasteiger partial charge in [-0.3, -0.25) is 4.21 Å². The normalized spacial score (nSPS) is 18.5. The number of nitrogens with one attached hydrogen (secondary N) is 1. The van der Waals surface area contributed by atoms with Gasteiger partial charge in [-0.15, -0.1) is 0 Å². The van der Waals surface area contributed by atoms with Crippen molar-refractivity contribution in [1.82, 2.24) is 5.32 Å². The number of carbonyl (C=O) groups is 1. The molecule has 1 aliphatic heterocycles. The van der Waals surface area contributed by atoms with Crippen LogP contribution >= 0.6 is 0 Å². The number of carboxylic acids is 1. The molecule has 0 aliphatic carbocycles. The van der Waals surface area contributed by atoms with Gasteiger partial charge in [0.05, 0.1) is 16.4 Å². The number of benzene rings is 1. The van der Waals surface area contributed by atoms with Crippen molar-refractivity contribution in [1.29, 1.82) is 0 Å². The van der Waals surface area contributed by atoms with Crippen LogP contribution in [0.3, 0.4) is 0 Å². The fourth-order valence-corrected chi connectivity index (χ4v) is 3.25. The standard InChI is InChI=1S/C13H17NO3S/c1-18(17)12-8-10(13(15)16)2-3-11(12)9-4-6-14-7-5-9/h2-3,8-9,14H,4-7H2,1H3,(H,15,16)/t18-/m0/s1. The SMILES string of the molecule is C[S@](=O)c1cc(C(=O)O)ccc1C1CCNCC1. The molecule has 5 heteroatoms. The van der Waals surface area contributed by atoms with E-state index in [9.17, 15) is 9.00 Å². The number of hydrogen-bond acceptors (Lipinski definition) is 3. The zero-order valence-electron chi connectivity index (χ0n) is 10.3. The summed E-state index contributed by atoms with van der Waals surface area (Å²) in [5.74, 6) is -0.591. The van der Waals surface area contributed by atoms with Gasteiger partial charge in [-0.2, -0.15) is 0 Å². The predicted molar refractivity (Wildman–Crippen MR) is 70.6 cm³/mol. The molecule has 0 saturated carbocycles. The van der Waals surface area contributed by atoms with Crippen LogP contribution in [0.15, 0.2) is 23.1 Å². The molecule has 0 unspecified atom stereocenters. The van der Waals surface area contributed by atoms with E-state index in [0.29, 0.717) is 10.8 Å². The first kappa shape index (κ1) is 13.2. The van der Waals surface area contributed by atoms with Crippen LogP contribution in [0.25, 0.3) is 0 Å². The van der Waals surface area contributed by atoms with Crippen molar-refractivity contribution in [3.8, 4) is 0 Å². The molecule has 0 radical (unpaired) electrons. The Kier molecular flexibility index (Phi) is 4.14. The Labute approximate surface area is 109 Å². The summed E-state index contributed by atoms with van der Waals surface area (Å²) in [7, 11) is -1.15. The first-order chi connectivity index (χ1) is 8.59. The Bertz CT molecular complexity index is 481. The molecule has 1 aliphatic rings. The predicted octanol–water partition coefficient (Wildman–Crippen LogP) is 1.59. The Hall–Kier alpha value is -1.20. The van der Waals surface area contributed by atoms with E-state index in [-0.39, 0.29) is 5.56 Å². The van der Waals surface area contributed by atoms with Crippen molar-refractivity contribution < 1.29 is 14.1 Å². The lowest BCUT2D eigenvalue weighted by Crippen LogP contribution is -2.27. The molecule has 1 fully saturated rings. The summed E-state index contributed by atoms with van der Waals surface area (Å²) in [5.41, 5.74) is 1.25. The summed E-state index contributed by atoms with van der Waals surface area (Å²) in [6, 6.07) is 4.99. The molecule has 1 aromatic carbocycles. The van der Waals surface area contributed by atoms with Crippen LogP contribution in [0, 0.1) is 0 Å². The zero-order chi connectivity index (χ0) is 13.1. The van der Waals surface area contributed by atoms with E-state index in [1.807, 2.05) is 6.07 Å². The van der Waals surface area contributed by atoms with E-state index >= 15 is 0 Å². The minimum Gasteiger partial charge on any atom is -0.478 e. The summed E-state index contributed by atoms with van der Waals surface area (Å²) >= 11 is 0. The third-order valence-corrected chi connectivity index (χ3v) is 4.32. The molecule has 18 heavy (non-hydrogen) atoms. The van der Waals surface area contributed by atoms with Crippen LogP contribution in [0.5, 0.6) is 0 Å². The van der Waals surface area contributed by atoms with Gasteiger partial charge in [0.25, 0.3) is 0 Å². The van der Waals surface area contributed by atoms with Gasteiger partial charge in [-0.1, -0.05) is 6.07 Å². The number of carboxylic acid groups (broad SMARTS) is 1. The molecule has 1 saturated heterocycles. The molecule has 0 aromatic heterocycles. The van der Waals surface area contributed by atoms with Crippen LogP contribution in [0.2, 0.25) is 0 Å². The smallest absolute Gasteiger partial charge is 0.335 e. The summed E-state index contributed by atoms with van der Waals surface area (Å²) < 4.78 is 11.8. The fraction of sp³-hybridized carbons (Fsp3) is 0.462. The monoisotopic (exact) mass is 267 g/mol. The van der Waals surface area contributed by atoms with Gasteiger partial charge in [-0.05, 0) is 49.5 Å². The molecule has 1 aromatic rings. The molecular formula is C13H17NO3S. The first-order valence-electron chi connectivity index (χ1n) is 6.01. The molecule has 1 heterocycles. The van der Waals surface area contributed by atoms with Crippen molar-refractivity contribution in [2.24, 2.45) is 0 Å². The Balaban J connectivity index is 2.39. The van der Waals surface area contributed by atoms with Gasteiger partial charge < -0.3 is 10.4 Å². The lowest BCUT2D eigenvalue weighted by molar-refractivity contribution is 0.0696. The van der Waals surface area contributed by atoms with Gasteiger partial charge in [-0.25, -0.2) is 4.79 Å². The number of rotatable bonds is 3. The molecule has 2 N–H and O–H groups in total. The van der Waals surface area contributed by atoms with Gasteiger partial charge in [0, 0.05) is 11.2 Å². The highest BCUT2D eigenvalue weighted by Crippen LogP contribution is 2.30. The molecule has 4 nitrogen and oxygen atoms in total. The molecule has 1 atom stereocenters. The van der Waals surface area contributed by atoms with E-state index in [1.54, 1.807) is 18.4 Å². The van der Waals surface area contributed by atoms with Gasteiger partial charge in [0.1, 0.15) is 0 Å². The highest BCUT2D eigenvalue weighted by Gasteiger charge is 2.20. The van der Waals surface area contributed by atoms with E-state index < -0.39 is 16.8 Å². The minimum absolute atomic E-state index is 0.206. The Morgan fingerprint density at radius 2 is 2.06 bits per heavy atom. The van der Waals surface area contributed by atoms with E-state index in [0.717, 1.165) is 31.5 Å². The number of piperidine rings is 1. The second-order valence-corrected chi connectivity index (χ2v) is 5.88. The number of aromatic carboxylic acids is 1. The van der Waals surface area contributed by atoms with E-state index in [4.69, 9.17) is 5.11 Å². The van der Waals surface area contributed by atoms with Crippen molar-refractivity contribution in [2.75, 3.05) is 19.3 Å². The van der Waals surface area contributed by atoms with Crippen LogP contribution in [0.4, 0.5) is 0 Å². The van der Waals surface area contributed by atoms with Crippen molar-refractivity contribution in [2.45, 2.75) is 23.7 Å². The average Bonchev–Trinajstić information content (AvgIpc) is 2.39. The second kappa shape index (κ2) is 5.63. The average molecular weight is 267 g/mol. The maximum Gasteiger partial charge on any atom is 0.335 e. The molecule has 0 amide bonds. The zero-order valence-corrected chi connectivity index (χ0v) is 11.1. The number of hydrogen-bond donors (Lipinski definition) is 2.